The fourth-order valence-corrected chi connectivity index (χ4v) is 3.49. The molecule has 4 rings (SSSR count). The van der Waals surface area contributed by atoms with E-state index < -0.39 is 22.7 Å². The summed E-state index contributed by atoms with van der Waals surface area (Å²) in [7, 11) is 0. The summed E-state index contributed by atoms with van der Waals surface area (Å²) in [5, 5.41) is 27.5. The number of nitrogens with one attached hydrogen (secondary N) is 2. The van der Waals surface area contributed by atoms with Crippen LogP contribution < -0.4 is 15.5 Å². The van der Waals surface area contributed by atoms with E-state index in [0.717, 1.165) is 0 Å². The lowest BCUT2D eigenvalue weighted by Crippen LogP contribution is -2.32. The third-order valence-electron chi connectivity index (χ3n) is 5.57. The molecule has 0 fully saturated rings. The van der Waals surface area contributed by atoms with Crippen LogP contribution in [-0.2, 0) is 4.79 Å². The number of aromatic hydroxyl groups is 1. The van der Waals surface area contributed by atoms with E-state index in [1.165, 1.54) is 48.7 Å². The summed E-state index contributed by atoms with van der Waals surface area (Å²) in [4.78, 5) is 48.6. The highest BCUT2D eigenvalue weighted by Gasteiger charge is 2.16. The van der Waals surface area contributed by atoms with E-state index in [2.05, 4.69) is 15.8 Å². The maximum Gasteiger partial charge on any atom is 0.343 e. The molecule has 4 aromatic carbocycles. The minimum absolute atomic E-state index is 0.0981. The van der Waals surface area contributed by atoms with Crippen molar-refractivity contribution in [2.75, 3.05) is 0 Å². The van der Waals surface area contributed by atoms with Gasteiger partial charge in [0.05, 0.1) is 16.7 Å². The SMILES string of the molecule is O=C(N/N=C\c1ccccc1OC(=O)c1ccc([N+](=O)[O-])cc1)/C(=C/c1ccccc1O)NC(=O)c1ccccc1. The maximum atomic E-state index is 13.0. The summed E-state index contributed by atoms with van der Waals surface area (Å²) in [6.45, 7) is 0. The highest BCUT2D eigenvalue weighted by atomic mass is 16.6. The smallest absolute Gasteiger partial charge is 0.343 e. The monoisotopic (exact) mass is 550 g/mol. The Kier molecular flexibility index (Phi) is 8.93. The first-order valence-corrected chi connectivity index (χ1v) is 12.1. The molecule has 0 aliphatic carbocycles. The van der Waals surface area contributed by atoms with E-state index in [-0.39, 0.29) is 28.4 Å². The first-order valence-electron chi connectivity index (χ1n) is 12.1. The molecule has 0 unspecified atom stereocenters. The van der Waals surface area contributed by atoms with Crippen LogP contribution in [0.15, 0.2) is 114 Å². The third-order valence-corrected chi connectivity index (χ3v) is 5.57. The minimum Gasteiger partial charge on any atom is -0.507 e. The fraction of sp³-hybridized carbons (Fsp3) is 0. The van der Waals surface area contributed by atoms with Gasteiger partial charge in [-0.15, -0.1) is 0 Å². The van der Waals surface area contributed by atoms with Gasteiger partial charge in [-0.3, -0.25) is 19.7 Å². The lowest BCUT2D eigenvalue weighted by molar-refractivity contribution is -0.384. The van der Waals surface area contributed by atoms with Crippen molar-refractivity contribution in [3.05, 3.63) is 141 Å². The Morgan fingerprint density at radius 1 is 0.805 bits per heavy atom. The number of carbonyl (C=O) groups is 3. The van der Waals surface area contributed by atoms with Crippen molar-refractivity contribution in [3.8, 4) is 11.5 Å². The Morgan fingerprint density at radius 3 is 2.12 bits per heavy atom. The molecular formula is C30H22N4O7. The largest absolute Gasteiger partial charge is 0.507 e. The zero-order valence-electron chi connectivity index (χ0n) is 21.3. The molecule has 0 saturated carbocycles. The summed E-state index contributed by atoms with van der Waals surface area (Å²) in [6, 6.07) is 25.9. The molecule has 4 aromatic rings. The number of rotatable bonds is 9. The molecule has 0 atom stereocenters. The summed E-state index contributed by atoms with van der Waals surface area (Å²) in [6.07, 6.45) is 2.55. The molecule has 0 spiro atoms. The van der Waals surface area contributed by atoms with Gasteiger partial charge in [-0.25, -0.2) is 10.2 Å². The van der Waals surface area contributed by atoms with Gasteiger partial charge in [0.15, 0.2) is 0 Å². The van der Waals surface area contributed by atoms with E-state index >= 15 is 0 Å². The topological polar surface area (TPSA) is 160 Å². The highest BCUT2D eigenvalue weighted by molar-refractivity contribution is 6.05. The standard InChI is InChI=1S/C30H22N4O7/c35-26-12-6-4-10-22(26)18-25(32-28(36)20-8-2-1-3-9-20)29(37)33-31-19-23-11-5-7-13-27(23)41-30(38)21-14-16-24(17-15-21)34(39)40/h1-19,35H,(H,32,36)(H,33,37)/b25-18-,31-19-. The molecule has 0 bridgehead atoms. The van der Waals surface area contributed by atoms with Gasteiger partial charge in [0.25, 0.3) is 17.5 Å². The van der Waals surface area contributed by atoms with Crippen molar-refractivity contribution < 1.29 is 29.2 Å². The van der Waals surface area contributed by atoms with Gasteiger partial charge in [0.1, 0.15) is 17.2 Å². The third kappa shape index (κ3) is 7.48. The van der Waals surface area contributed by atoms with Gasteiger partial charge in [0.2, 0.25) is 0 Å². The van der Waals surface area contributed by atoms with E-state index in [9.17, 15) is 29.6 Å². The van der Waals surface area contributed by atoms with Crippen LogP contribution in [0.25, 0.3) is 6.08 Å². The number of para-hydroxylation sites is 2. The first kappa shape index (κ1) is 27.9. The van der Waals surface area contributed by atoms with Crippen molar-refractivity contribution in [3.63, 3.8) is 0 Å². The van der Waals surface area contributed by atoms with Gasteiger partial charge in [-0.2, -0.15) is 5.10 Å². The number of nitro benzene ring substituents is 1. The number of phenolic OH excluding ortho intramolecular Hbond substituents is 1. The van der Waals surface area contributed by atoms with Crippen LogP contribution in [0.5, 0.6) is 11.5 Å². The average molecular weight is 551 g/mol. The van der Waals surface area contributed by atoms with Gasteiger partial charge in [0, 0.05) is 28.8 Å². The molecule has 41 heavy (non-hydrogen) atoms. The molecule has 11 heteroatoms. The number of hydrogen-bond acceptors (Lipinski definition) is 8. The fourth-order valence-electron chi connectivity index (χ4n) is 3.49. The van der Waals surface area contributed by atoms with E-state index in [1.807, 2.05) is 0 Å². The molecule has 0 aromatic heterocycles. The second-order valence-electron chi connectivity index (χ2n) is 8.37. The van der Waals surface area contributed by atoms with Crippen LogP contribution in [0.3, 0.4) is 0 Å². The first-order chi connectivity index (χ1) is 19.8. The van der Waals surface area contributed by atoms with Crippen LogP contribution in [0, 0.1) is 10.1 Å². The van der Waals surface area contributed by atoms with Crippen molar-refractivity contribution >= 4 is 35.8 Å². The van der Waals surface area contributed by atoms with Crippen LogP contribution in [-0.4, -0.2) is 34.0 Å². The molecule has 11 nitrogen and oxygen atoms in total. The Labute approximate surface area is 233 Å². The number of nitro groups is 1. The zero-order chi connectivity index (χ0) is 29.2. The van der Waals surface area contributed by atoms with Gasteiger partial charge >= 0.3 is 5.97 Å². The minimum atomic E-state index is -0.783. The normalized spacial score (nSPS) is 11.1. The Balaban J connectivity index is 1.50. The van der Waals surface area contributed by atoms with Gasteiger partial charge in [-0.05, 0) is 48.5 Å². The molecule has 3 N–H and O–H groups in total. The number of ether oxygens (including phenoxy) is 1. The van der Waals surface area contributed by atoms with Crippen molar-refractivity contribution in [2.24, 2.45) is 5.10 Å². The quantitative estimate of drug-likeness (QED) is 0.0693. The maximum absolute atomic E-state index is 13.0. The number of amides is 2. The predicted molar refractivity (Wildman–Crippen MR) is 150 cm³/mol. The summed E-state index contributed by atoms with van der Waals surface area (Å²) < 4.78 is 5.42. The molecule has 0 aliphatic rings. The number of benzene rings is 4. The Bertz CT molecular complexity index is 1650. The number of nitrogens with zero attached hydrogens (tertiary/aromatic N) is 2. The lowest BCUT2D eigenvalue weighted by atomic mass is 10.1. The number of esters is 1. The number of hydrogen-bond donors (Lipinski definition) is 3. The zero-order valence-corrected chi connectivity index (χ0v) is 21.3. The van der Waals surface area contributed by atoms with Crippen LogP contribution >= 0.6 is 0 Å². The Hall–Kier alpha value is -6.10. The second kappa shape index (κ2) is 13.1. The second-order valence-corrected chi connectivity index (χ2v) is 8.37. The van der Waals surface area contributed by atoms with Crippen molar-refractivity contribution in [1.29, 1.82) is 0 Å². The highest BCUT2D eigenvalue weighted by Crippen LogP contribution is 2.20. The van der Waals surface area contributed by atoms with E-state index in [1.54, 1.807) is 66.7 Å². The van der Waals surface area contributed by atoms with Crippen molar-refractivity contribution in [2.45, 2.75) is 0 Å². The number of phenols is 1. The van der Waals surface area contributed by atoms with Crippen LogP contribution in [0.2, 0.25) is 0 Å². The van der Waals surface area contributed by atoms with E-state index in [4.69, 9.17) is 4.74 Å². The number of hydrazone groups is 1. The van der Waals surface area contributed by atoms with Gasteiger partial charge < -0.3 is 15.2 Å². The molecule has 204 valence electrons. The number of non-ortho nitro benzene ring substituents is 1. The lowest BCUT2D eigenvalue weighted by Gasteiger charge is -2.10. The summed E-state index contributed by atoms with van der Waals surface area (Å²) in [5.41, 5.74) is 3.01. The van der Waals surface area contributed by atoms with Crippen LogP contribution in [0.1, 0.15) is 31.8 Å². The predicted octanol–water partition coefficient (Wildman–Crippen LogP) is 4.44. The molecule has 0 heterocycles. The molecule has 0 radical (unpaired) electrons. The molecular weight excluding hydrogens is 528 g/mol. The van der Waals surface area contributed by atoms with Crippen molar-refractivity contribution in [1.82, 2.24) is 10.7 Å². The average Bonchev–Trinajstić information content (AvgIpc) is 2.99. The summed E-state index contributed by atoms with van der Waals surface area (Å²) in [5.74, 6) is -2.06. The van der Waals surface area contributed by atoms with E-state index in [0.29, 0.717) is 16.7 Å². The van der Waals surface area contributed by atoms with Gasteiger partial charge in [-0.1, -0.05) is 48.5 Å². The van der Waals surface area contributed by atoms with Crippen LogP contribution in [0.4, 0.5) is 5.69 Å². The Morgan fingerprint density at radius 2 is 1.44 bits per heavy atom. The number of carbonyl (C=O) groups excluding carboxylic acids is 3. The summed E-state index contributed by atoms with van der Waals surface area (Å²) >= 11 is 0. The molecule has 0 aliphatic heterocycles. The molecule has 0 saturated heterocycles. The molecule has 2 amide bonds.